The minimum atomic E-state index is -0.775. The first kappa shape index (κ1) is 53.9. The number of hydrogen-bond acceptors (Lipinski definition) is 13. The largest absolute Gasteiger partial charge is 0.481 e. The van der Waals surface area contributed by atoms with E-state index in [0.29, 0.717) is 66.5 Å². The molecule has 7 rings (SSSR count). The Morgan fingerprint density at radius 2 is 1.80 bits per heavy atom. The van der Waals surface area contributed by atoms with Gasteiger partial charge in [-0.05, 0) is 117 Å². The molecular weight excluding hydrogens is 849 g/mol. The van der Waals surface area contributed by atoms with E-state index in [2.05, 4.69) is 60.8 Å². The number of aliphatic hydroxyl groups is 2. The van der Waals surface area contributed by atoms with Crippen molar-refractivity contribution in [2.45, 2.75) is 162 Å². The molecule has 6 N–H and O–H groups in total. The molecule has 1 saturated heterocycles. The number of ether oxygens (including phenoxy) is 3. The highest BCUT2D eigenvalue weighted by Gasteiger charge is 2.63. The number of aliphatic carboxylic acids is 1. The van der Waals surface area contributed by atoms with Crippen LogP contribution in [0.15, 0.2) is 24.3 Å². The molecule has 0 bridgehead atoms. The molecule has 4 heterocycles. The van der Waals surface area contributed by atoms with Gasteiger partial charge in [0, 0.05) is 50.2 Å². The predicted octanol–water partition coefficient (Wildman–Crippen LogP) is 7.56. The summed E-state index contributed by atoms with van der Waals surface area (Å²) in [4.78, 5) is 45.9. The molecule has 1 amide bonds. The van der Waals surface area contributed by atoms with Crippen molar-refractivity contribution in [2.75, 3.05) is 37.1 Å². The first-order valence-corrected chi connectivity index (χ1v) is 25.1. The molecule has 65 heavy (non-hydrogen) atoms. The summed E-state index contributed by atoms with van der Waals surface area (Å²) >= 11 is 1.64. The zero-order valence-electron chi connectivity index (χ0n) is 40.0. The van der Waals surface area contributed by atoms with Crippen LogP contribution in [0.2, 0.25) is 0 Å². The second-order valence-corrected chi connectivity index (χ2v) is 19.9. The van der Waals surface area contributed by atoms with Crippen molar-refractivity contribution >= 4 is 46.6 Å². The molecule has 3 unspecified atom stereocenters. The quantitative estimate of drug-likeness (QED) is 0.0522. The van der Waals surface area contributed by atoms with Crippen LogP contribution in [0.25, 0.3) is 11.2 Å². The summed E-state index contributed by atoms with van der Waals surface area (Å²) in [5.41, 5.74) is 7.61. The van der Waals surface area contributed by atoms with Crippen molar-refractivity contribution in [3.05, 3.63) is 24.3 Å². The average molecular weight is 927 g/mol. The third-order valence-corrected chi connectivity index (χ3v) is 16.3. The lowest BCUT2D eigenvalue weighted by molar-refractivity contribution is -0.154. The lowest BCUT2D eigenvalue weighted by Gasteiger charge is -2.60. The number of terminal acetylenes is 1. The molecule has 2 aliphatic heterocycles. The number of aromatic nitrogens is 4. The van der Waals surface area contributed by atoms with E-state index in [4.69, 9.17) is 25.1 Å². The van der Waals surface area contributed by atoms with Gasteiger partial charge in [0.15, 0.2) is 17.7 Å². The van der Waals surface area contributed by atoms with Crippen molar-refractivity contribution < 1.29 is 43.9 Å². The lowest BCUT2D eigenvalue weighted by Crippen LogP contribution is -2.57. The zero-order valence-corrected chi connectivity index (χ0v) is 40.8. The van der Waals surface area contributed by atoms with Gasteiger partial charge in [0.2, 0.25) is 5.91 Å². The summed E-state index contributed by atoms with van der Waals surface area (Å²) in [6, 6.07) is 0. The number of rotatable bonds is 19. The Labute approximate surface area is 391 Å². The van der Waals surface area contributed by atoms with Crippen molar-refractivity contribution in [3.63, 3.8) is 0 Å². The minimum Gasteiger partial charge on any atom is -0.481 e. The number of hydrogen-bond donors (Lipinski definition) is 5. The van der Waals surface area contributed by atoms with Crippen LogP contribution in [0.4, 0.5) is 5.82 Å². The van der Waals surface area contributed by atoms with Crippen LogP contribution in [0.1, 0.15) is 138 Å². The van der Waals surface area contributed by atoms with Crippen LogP contribution in [-0.2, 0) is 28.6 Å². The second kappa shape index (κ2) is 25.4. The molecule has 0 aromatic carbocycles. The standard InChI is InChI=1S/C30H49NO5.C15H21N5O4S.C2H6.C2H2/c1-19-9-10-22-24-12-11-23(21-16-28(34)36-18-21)30(24,4)26(32)17-25(22)29(19,3)14-13-20(2)35-15-7-5-6-8-27(31)33;1-16-13-12-14(18-7-17-13)20(8-19-12)15-10(21)5-9(24-15)6-25-4-2-3-11(22)23;2*1-2/h16,19-20,22-26,32H,5-15,17-18H2,1-4H3,(H2,31,33);7-10,15,21H,2-6H2,1H3,(H,22,23)(H,16,17,18);1-2H3;1-2H/t19-,20?,22?,23+,24+,25?,26+,29-,30+;9-,10+,15+;;/m00../s1. The number of carbonyl (C=O) groups excluding carboxylic acids is 2. The number of nitrogens with one attached hydrogen (secondary N) is 1. The topological polar surface area (TPSA) is 221 Å². The Hall–Kier alpha value is -3.75. The van der Waals surface area contributed by atoms with Crippen molar-refractivity contribution in [3.8, 4) is 12.8 Å². The fourth-order valence-electron chi connectivity index (χ4n) is 11.5. The first-order chi connectivity index (χ1) is 31.2. The van der Waals surface area contributed by atoms with Crippen LogP contribution in [0.3, 0.4) is 0 Å². The number of thioether (sulfide) groups is 1. The fourth-order valence-corrected chi connectivity index (χ4v) is 12.5. The molecule has 12 atom stereocenters. The number of unbranched alkanes of at least 4 members (excludes halogenated alkanes) is 2. The molecule has 2 aromatic heterocycles. The van der Waals surface area contributed by atoms with Gasteiger partial charge in [0.25, 0.3) is 0 Å². The van der Waals surface area contributed by atoms with Gasteiger partial charge in [0.05, 0.1) is 24.6 Å². The normalized spacial score (nSPS) is 31.6. The van der Waals surface area contributed by atoms with Crippen LogP contribution in [-0.4, -0.2) is 109 Å². The number of carboxylic acid groups (broad SMARTS) is 1. The molecule has 15 nitrogen and oxygen atoms in total. The van der Waals surface area contributed by atoms with Crippen molar-refractivity contribution in [1.29, 1.82) is 0 Å². The van der Waals surface area contributed by atoms with Crippen molar-refractivity contribution in [2.24, 2.45) is 46.2 Å². The highest BCUT2D eigenvalue weighted by molar-refractivity contribution is 7.99. The third-order valence-electron chi connectivity index (χ3n) is 15.2. The maximum absolute atomic E-state index is 11.8. The number of nitrogens with zero attached hydrogens (tertiary/aromatic N) is 4. The molecule has 3 saturated carbocycles. The van der Waals surface area contributed by atoms with Crippen LogP contribution < -0.4 is 11.1 Å². The Balaban J connectivity index is 0.000000279. The number of esters is 1. The lowest BCUT2D eigenvalue weighted by atomic mass is 9.45. The Kier molecular flexibility index (Phi) is 21.0. The summed E-state index contributed by atoms with van der Waals surface area (Å²) in [5, 5.41) is 33.7. The van der Waals surface area contributed by atoms with Gasteiger partial charge in [-0.15, -0.1) is 12.8 Å². The van der Waals surface area contributed by atoms with Gasteiger partial charge < -0.3 is 40.6 Å². The number of aliphatic hydroxyl groups excluding tert-OH is 2. The Bertz CT molecular complexity index is 1890. The zero-order chi connectivity index (χ0) is 47.9. The number of carbonyl (C=O) groups is 3. The monoisotopic (exact) mass is 927 g/mol. The molecule has 364 valence electrons. The van der Waals surface area contributed by atoms with Gasteiger partial charge in [0.1, 0.15) is 24.6 Å². The molecule has 2 aromatic rings. The van der Waals surface area contributed by atoms with Gasteiger partial charge in [-0.3, -0.25) is 14.2 Å². The number of anilines is 1. The Morgan fingerprint density at radius 3 is 2.48 bits per heavy atom. The van der Waals surface area contributed by atoms with Gasteiger partial charge in [-0.2, -0.15) is 11.8 Å². The second-order valence-electron chi connectivity index (χ2n) is 18.8. The fraction of sp³-hybridized carbons (Fsp3) is 0.755. The average Bonchev–Trinajstić information content (AvgIpc) is 4.09. The number of cyclic esters (lactones) is 1. The number of imidazole rings is 1. The summed E-state index contributed by atoms with van der Waals surface area (Å²) in [7, 11) is 1.76. The SMILES string of the molecule is C#C.CC.CC(CC[C@]1(C)C2C[C@@H](O)[C@]3(C)[C@@H](C4=CC(=O)OC4)CC[C@@H]3C2CC[C@@H]1C)OCCCCCC(N)=O.CNc1ncnc2c1ncn2[C@@H]1O[C@H](CSCCCC(=O)O)C[C@H]1O. The summed E-state index contributed by atoms with van der Waals surface area (Å²) in [6.07, 6.45) is 23.7. The van der Waals surface area contributed by atoms with E-state index < -0.39 is 18.3 Å². The van der Waals surface area contributed by atoms with Gasteiger partial charge in [-0.1, -0.05) is 41.0 Å². The minimum absolute atomic E-state index is 0.0853. The maximum Gasteiger partial charge on any atom is 0.331 e. The van der Waals surface area contributed by atoms with Gasteiger partial charge >= 0.3 is 11.9 Å². The van der Waals surface area contributed by atoms with Gasteiger partial charge in [-0.25, -0.2) is 19.7 Å². The molecule has 0 radical (unpaired) electrons. The summed E-state index contributed by atoms with van der Waals surface area (Å²) in [6.45, 7) is 14.5. The molecule has 3 aliphatic carbocycles. The summed E-state index contributed by atoms with van der Waals surface area (Å²) in [5.74, 6) is 3.47. The number of carboxylic acids is 1. The van der Waals surface area contributed by atoms with E-state index in [0.717, 1.165) is 75.1 Å². The predicted molar refractivity (Wildman–Crippen MR) is 255 cm³/mol. The van der Waals surface area contributed by atoms with E-state index in [1.165, 1.54) is 19.2 Å². The number of primary amides is 1. The molecule has 0 spiro atoms. The van der Waals surface area contributed by atoms with E-state index >= 15 is 0 Å². The highest BCUT2D eigenvalue weighted by atomic mass is 32.2. The molecule has 5 aliphatic rings. The van der Waals surface area contributed by atoms with Crippen molar-refractivity contribution in [1.82, 2.24) is 19.5 Å². The maximum atomic E-state index is 11.8. The van der Waals surface area contributed by atoms with E-state index in [1.54, 1.807) is 35.8 Å². The van der Waals surface area contributed by atoms with Crippen LogP contribution in [0.5, 0.6) is 0 Å². The Morgan fingerprint density at radius 1 is 1.05 bits per heavy atom. The molecule has 16 heteroatoms. The number of fused-ring (bicyclic) bond motifs is 4. The summed E-state index contributed by atoms with van der Waals surface area (Å²) < 4.78 is 19.1. The first-order valence-electron chi connectivity index (χ1n) is 23.9. The highest BCUT2D eigenvalue weighted by Crippen LogP contribution is 2.67. The van der Waals surface area contributed by atoms with E-state index in [9.17, 15) is 24.6 Å². The van der Waals surface area contributed by atoms with E-state index in [-0.39, 0.29) is 53.4 Å². The smallest absolute Gasteiger partial charge is 0.331 e. The molecular formula is C49H78N6O9S. The van der Waals surface area contributed by atoms with E-state index in [1.807, 2.05) is 13.8 Å². The van der Waals surface area contributed by atoms with Crippen LogP contribution >= 0.6 is 11.8 Å². The molecule has 4 fully saturated rings. The number of nitrogens with two attached hydrogens (primary N) is 1. The van der Waals surface area contributed by atoms with Crippen LogP contribution in [0, 0.1) is 53.3 Å². The number of amides is 1. The third kappa shape index (κ3) is 13.0.